The van der Waals surface area contributed by atoms with Crippen molar-refractivity contribution >= 4 is 17.9 Å². The Bertz CT molecular complexity index is 931. The Hall–Kier alpha value is -1.59. The zero-order chi connectivity index (χ0) is 44.7. The number of ether oxygens (including phenoxy) is 3. The lowest BCUT2D eigenvalue weighted by atomic mass is 10.0. The van der Waals surface area contributed by atoms with Gasteiger partial charge in [0.15, 0.2) is 6.10 Å². The minimum Gasteiger partial charge on any atom is -0.462 e. The van der Waals surface area contributed by atoms with Gasteiger partial charge < -0.3 is 14.2 Å². The summed E-state index contributed by atoms with van der Waals surface area (Å²) >= 11 is 0. The van der Waals surface area contributed by atoms with Gasteiger partial charge in [0.1, 0.15) is 13.2 Å². The van der Waals surface area contributed by atoms with Crippen LogP contribution in [0, 0.1) is 11.8 Å². The molecule has 6 heteroatoms. The summed E-state index contributed by atoms with van der Waals surface area (Å²) in [6.45, 7) is 11.4. The van der Waals surface area contributed by atoms with Crippen LogP contribution in [0.5, 0.6) is 0 Å². The summed E-state index contributed by atoms with van der Waals surface area (Å²) in [5.41, 5.74) is 0. The molecule has 0 heterocycles. The first-order chi connectivity index (χ1) is 29.7. The second-order valence-electron chi connectivity index (χ2n) is 19.8. The third kappa shape index (κ3) is 49.3. The van der Waals surface area contributed by atoms with Gasteiger partial charge in [-0.05, 0) is 31.1 Å². The molecular weight excluding hydrogens is 757 g/mol. The lowest BCUT2D eigenvalue weighted by Crippen LogP contribution is -2.30. The molecule has 0 unspecified atom stereocenters. The van der Waals surface area contributed by atoms with E-state index in [0.29, 0.717) is 19.3 Å². The largest absolute Gasteiger partial charge is 0.462 e. The van der Waals surface area contributed by atoms with E-state index >= 15 is 0 Å². The number of hydrogen-bond acceptors (Lipinski definition) is 6. The predicted molar refractivity (Wildman–Crippen MR) is 261 cm³/mol. The van der Waals surface area contributed by atoms with Crippen molar-refractivity contribution in [1.82, 2.24) is 0 Å². The van der Waals surface area contributed by atoms with Crippen LogP contribution >= 0.6 is 0 Å². The van der Waals surface area contributed by atoms with Crippen LogP contribution in [0.2, 0.25) is 0 Å². The Balaban J connectivity index is 4.30. The molecule has 0 aromatic rings. The standard InChI is InChI=1S/C55H106O6/c1-6-7-8-9-10-11-12-13-14-17-21-26-32-37-42-47-55(58)61-52(49-60-54(57)46-41-36-31-27-22-24-29-34-39-44-51(4)5)48-59-53(56)45-40-35-30-25-20-18-15-16-19-23-28-33-38-43-50(2)3/h50-52H,6-49H2,1-5H3/t52-/m0/s1. The molecule has 0 bridgehead atoms. The molecule has 6 nitrogen and oxygen atoms in total. The SMILES string of the molecule is CCCCCCCCCCCCCCCCCC(=O)O[C@@H](COC(=O)CCCCCCCCCCCCCCCC(C)C)COC(=O)CCCCCCCCCCCC(C)C. The van der Waals surface area contributed by atoms with E-state index in [9.17, 15) is 14.4 Å². The van der Waals surface area contributed by atoms with E-state index in [1.807, 2.05) is 0 Å². The van der Waals surface area contributed by atoms with E-state index in [4.69, 9.17) is 14.2 Å². The van der Waals surface area contributed by atoms with Crippen molar-refractivity contribution in [2.75, 3.05) is 13.2 Å². The van der Waals surface area contributed by atoms with Crippen LogP contribution in [0.1, 0.15) is 304 Å². The van der Waals surface area contributed by atoms with Gasteiger partial charge >= 0.3 is 17.9 Å². The average molecular weight is 863 g/mol. The van der Waals surface area contributed by atoms with E-state index in [1.54, 1.807) is 0 Å². The minimum atomic E-state index is -0.762. The molecule has 0 aromatic carbocycles. The van der Waals surface area contributed by atoms with Crippen molar-refractivity contribution in [3.05, 3.63) is 0 Å². The van der Waals surface area contributed by atoms with Gasteiger partial charge in [0.25, 0.3) is 0 Å². The quantitative estimate of drug-likeness (QED) is 0.0344. The highest BCUT2D eigenvalue weighted by molar-refractivity contribution is 5.71. The summed E-state index contributed by atoms with van der Waals surface area (Å²) in [6.07, 6.45) is 49.5. The second-order valence-corrected chi connectivity index (χ2v) is 19.8. The Morgan fingerprint density at radius 3 is 0.803 bits per heavy atom. The van der Waals surface area contributed by atoms with Crippen molar-refractivity contribution in [3.63, 3.8) is 0 Å². The number of unbranched alkanes of at least 4 members (excludes halogenated alkanes) is 34. The third-order valence-electron chi connectivity index (χ3n) is 12.5. The maximum atomic E-state index is 12.8. The Kier molecular flexibility index (Phi) is 46.6. The van der Waals surface area contributed by atoms with Crippen molar-refractivity contribution in [1.29, 1.82) is 0 Å². The van der Waals surface area contributed by atoms with Crippen LogP contribution in [0.15, 0.2) is 0 Å². The first-order valence-electron chi connectivity index (χ1n) is 27.2. The summed E-state index contributed by atoms with van der Waals surface area (Å²) in [4.78, 5) is 38.0. The summed E-state index contributed by atoms with van der Waals surface area (Å²) < 4.78 is 16.8. The maximum Gasteiger partial charge on any atom is 0.306 e. The summed E-state index contributed by atoms with van der Waals surface area (Å²) in [7, 11) is 0. The number of carbonyl (C=O) groups is 3. The molecule has 0 fully saturated rings. The second kappa shape index (κ2) is 47.9. The van der Waals surface area contributed by atoms with E-state index < -0.39 is 6.10 Å². The van der Waals surface area contributed by atoms with Crippen molar-refractivity contribution < 1.29 is 28.6 Å². The smallest absolute Gasteiger partial charge is 0.306 e. The molecule has 0 radical (unpaired) electrons. The number of rotatable bonds is 49. The van der Waals surface area contributed by atoms with Crippen LogP contribution < -0.4 is 0 Å². The number of carbonyl (C=O) groups excluding carboxylic acids is 3. The zero-order valence-corrected chi connectivity index (χ0v) is 41.8. The maximum absolute atomic E-state index is 12.8. The lowest BCUT2D eigenvalue weighted by Gasteiger charge is -2.18. The van der Waals surface area contributed by atoms with Gasteiger partial charge in [-0.2, -0.15) is 0 Å². The molecule has 0 aliphatic rings. The third-order valence-corrected chi connectivity index (χ3v) is 12.5. The predicted octanol–water partition coefficient (Wildman–Crippen LogP) is 17.7. The van der Waals surface area contributed by atoms with E-state index in [2.05, 4.69) is 34.6 Å². The molecule has 0 aliphatic heterocycles. The Morgan fingerprint density at radius 2 is 0.541 bits per heavy atom. The van der Waals surface area contributed by atoms with Gasteiger partial charge in [0, 0.05) is 19.3 Å². The van der Waals surface area contributed by atoms with E-state index in [0.717, 1.165) is 69.6 Å². The molecule has 61 heavy (non-hydrogen) atoms. The van der Waals surface area contributed by atoms with Crippen LogP contribution in [-0.4, -0.2) is 37.2 Å². The van der Waals surface area contributed by atoms with Gasteiger partial charge in [-0.15, -0.1) is 0 Å². The van der Waals surface area contributed by atoms with Crippen LogP contribution in [0.25, 0.3) is 0 Å². The number of hydrogen-bond donors (Lipinski definition) is 0. The van der Waals surface area contributed by atoms with Crippen LogP contribution in [-0.2, 0) is 28.6 Å². The van der Waals surface area contributed by atoms with Crippen molar-refractivity contribution in [3.8, 4) is 0 Å². The van der Waals surface area contributed by atoms with Gasteiger partial charge in [0.05, 0.1) is 0 Å². The van der Waals surface area contributed by atoms with E-state index in [-0.39, 0.29) is 31.1 Å². The monoisotopic (exact) mass is 863 g/mol. The molecule has 0 saturated carbocycles. The Labute approximate surface area is 380 Å². The van der Waals surface area contributed by atoms with Crippen molar-refractivity contribution in [2.45, 2.75) is 310 Å². The molecule has 0 N–H and O–H groups in total. The highest BCUT2D eigenvalue weighted by Gasteiger charge is 2.19. The fourth-order valence-corrected chi connectivity index (χ4v) is 8.34. The first kappa shape index (κ1) is 59.4. The van der Waals surface area contributed by atoms with Gasteiger partial charge in [-0.3, -0.25) is 14.4 Å². The van der Waals surface area contributed by atoms with Crippen LogP contribution in [0.3, 0.4) is 0 Å². The lowest BCUT2D eigenvalue weighted by molar-refractivity contribution is -0.167. The summed E-state index contributed by atoms with van der Waals surface area (Å²) in [6, 6.07) is 0. The Morgan fingerprint density at radius 1 is 0.311 bits per heavy atom. The molecule has 1 atom stereocenters. The van der Waals surface area contributed by atoms with Crippen molar-refractivity contribution in [2.24, 2.45) is 11.8 Å². The molecule has 0 aromatic heterocycles. The first-order valence-corrected chi connectivity index (χ1v) is 27.2. The molecular formula is C55H106O6. The fourth-order valence-electron chi connectivity index (χ4n) is 8.34. The zero-order valence-electron chi connectivity index (χ0n) is 41.8. The number of esters is 3. The van der Waals surface area contributed by atoms with Gasteiger partial charge in [0.2, 0.25) is 0 Å². The van der Waals surface area contributed by atoms with E-state index in [1.165, 1.54) is 193 Å². The highest BCUT2D eigenvalue weighted by Crippen LogP contribution is 2.18. The molecule has 0 amide bonds. The van der Waals surface area contributed by atoms with Gasteiger partial charge in [-0.25, -0.2) is 0 Å². The normalized spacial score (nSPS) is 12.0. The van der Waals surface area contributed by atoms with Crippen LogP contribution in [0.4, 0.5) is 0 Å². The highest BCUT2D eigenvalue weighted by atomic mass is 16.6. The fraction of sp³-hybridized carbons (Fsp3) is 0.945. The molecule has 0 spiro atoms. The summed E-state index contributed by atoms with van der Waals surface area (Å²) in [5, 5.41) is 0. The molecule has 362 valence electrons. The topological polar surface area (TPSA) is 78.9 Å². The van der Waals surface area contributed by atoms with Gasteiger partial charge in [-0.1, -0.05) is 266 Å². The average Bonchev–Trinajstić information content (AvgIpc) is 3.23. The minimum absolute atomic E-state index is 0.0634. The molecule has 0 aliphatic carbocycles. The molecule has 0 rings (SSSR count). The molecule has 0 saturated heterocycles. The summed E-state index contributed by atoms with van der Waals surface area (Å²) in [5.74, 6) is 0.804.